The molecule has 0 saturated heterocycles. The predicted molar refractivity (Wildman–Crippen MR) is 128 cm³/mol. The van der Waals surface area contributed by atoms with Crippen LogP contribution in [-0.4, -0.2) is 41.4 Å². The number of aromatic hydroxyl groups is 4. The van der Waals surface area contributed by atoms with E-state index in [1.807, 2.05) is 42.5 Å². The number of phenols is 4. The van der Waals surface area contributed by atoms with Gasteiger partial charge in [-0.1, -0.05) is 12.1 Å². The first-order chi connectivity index (χ1) is 16.3. The van der Waals surface area contributed by atoms with Gasteiger partial charge in [-0.2, -0.15) is 6.08 Å². The van der Waals surface area contributed by atoms with Crippen molar-refractivity contribution in [3.63, 3.8) is 0 Å². The summed E-state index contributed by atoms with van der Waals surface area (Å²) >= 11 is 1.06. The molecule has 0 amide bonds. The molecule has 0 aliphatic carbocycles. The van der Waals surface area contributed by atoms with Crippen LogP contribution < -0.4 is 0 Å². The van der Waals surface area contributed by atoms with Gasteiger partial charge in [0.05, 0.1) is 5.75 Å². The monoisotopic (exact) mass is 502 g/mol. The second-order valence-electron chi connectivity index (χ2n) is 7.33. The zero-order valence-electron chi connectivity index (χ0n) is 17.8. The summed E-state index contributed by atoms with van der Waals surface area (Å²) in [4.78, 5) is 12.2. The number of aromatic amines is 1. The van der Waals surface area contributed by atoms with Gasteiger partial charge in [0.25, 0.3) is 0 Å². The van der Waals surface area contributed by atoms with Crippen LogP contribution in [0.25, 0.3) is 17.9 Å². The summed E-state index contributed by atoms with van der Waals surface area (Å²) in [5.74, 6) is -2.92. The molecule has 0 fully saturated rings. The number of aromatic nitrogens is 1. The average Bonchev–Trinajstić information content (AvgIpc) is 3.56. The van der Waals surface area contributed by atoms with Crippen LogP contribution in [0.2, 0.25) is 0 Å². The van der Waals surface area contributed by atoms with E-state index < -0.39 is 23.0 Å². The quantitative estimate of drug-likeness (QED) is 0.132. The molecule has 6 N–H and O–H groups in total. The van der Waals surface area contributed by atoms with Crippen molar-refractivity contribution in [3.8, 4) is 23.0 Å². The van der Waals surface area contributed by atoms with Gasteiger partial charge in [0.15, 0.2) is 11.5 Å². The average molecular weight is 504 g/mol. The number of H-pyrrole nitrogens is 1. The second-order valence-corrected chi connectivity index (χ2v) is 8.19. The maximum atomic E-state index is 9.84. The van der Waals surface area contributed by atoms with Crippen molar-refractivity contribution in [1.29, 1.82) is 0 Å². The first kappa shape index (κ1) is 22.9. The Labute approximate surface area is 204 Å². The summed E-state index contributed by atoms with van der Waals surface area (Å²) in [5.41, 5.74) is 13.0. The molecular formula is C25H18N4O4Zn-2. The molecule has 4 rings (SSSR count). The van der Waals surface area contributed by atoms with Crippen LogP contribution in [-0.2, 0) is 17.9 Å². The Hall–Kier alpha value is -4.23. The molecule has 2 aliphatic heterocycles. The standard InChI is InChI=1S/C25H18N4O4.Zn/c1-14-2-5-18(27-14)12-19-8-9-21(29-19)13-20-7-6-17(28-20)11-16(26)4-3-15-10-22(30)24(32)25(33)23(15)31;/h1-2,4-13H,(H6-,26,27,28,29,30,31,32,33);/q-2;. The molecular weight excluding hydrogens is 486 g/mol. The molecule has 0 saturated carbocycles. The molecule has 1 aromatic carbocycles. The molecule has 34 heavy (non-hydrogen) atoms. The van der Waals surface area contributed by atoms with Crippen LogP contribution >= 0.6 is 0 Å². The number of nitrogens with one attached hydrogen (secondary N) is 2. The molecule has 3 heterocycles. The number of allylic oxidation sites excluding steroid dienone is 6. The molecule has 8 nitrogen and oxygen atoms in total. The fourth-order valence-corrected chi connectivity index (χ4v) is 3.64. The summed E-state index contributed by atoms with van der Waals surface area (Å²) in [7, 11) is 0. The molecule has 0 bridgehead atoms. The van der Waals surface area contributed by atoms with E-state index in [0.717, 1.165) is 52.4 Å². The number of nitrogens with zero attached hydrogens (tertiary/aromatic N) is 2. The third-order valence-electron chi connectivity index (χ3n) is 4.83. The summed E-state index contributed by atoms with van der Waals surface area (Å²) in [6, 6.07) is 4.70. The van der Waals surface area contributed by atoms with E-state index >= 15 is 0 Å². The van der Waals surface area contributed by atoms with E-state index in [2.05, 4.69) is 25.7 Å². The number of benzene rings is 1. The molecule has 0 atom stereocenters. The van der Waals surface area contributed by atoms with E-state index in [9.17, 15) is 20.4 Å². The van der Waals surface area contributed by atoms with Crippen LogP contribution in [0.1, 0.15) is 17.0 Å². The van der Waals surface area contributed by atoms with Crippen LogP contribution in [0.5, 0.6) is 23.0 Å². The van der Waals surface area contributed by atoms with Gasteiger partial charge in [0, 0.05) is 0 Å². The van der Waals surface area contributed by atoms with E-state index in [4.69, 9.17) is 5.73 Å². The summed E-state index contributed by atoms with van der Waals surface area (Å²) < 4.78 is 2.06. The van der Waals surface area contributed by atoms with Gasteiger partial charge in [-0.3, -0.25) is 0 Å². The summed E-state index contributed by atoms with van der Waals surface area (Å²) in [6.45, 7) is 0. The van der Waals surface area contributed by atoms with Crippen molar-refractivity contribution in [2.24, 2.45) is 9.98 Å². The van der Waals surface area contributed by atoms with Gasteiger partial charge < -0.3 is 26.2 Å². The summed E-state index contributed by atoms with van der Waals surface area (Å²) in [5, 5.41) is 38.4. The number of hydrogen-bond donors (Lipinski definition) is 5. The zero-order chi connectivity index (χ0) is 24.2. The molecule has 0 spiro atoms. The fourth-order valence-electron chi connectivity index (χ4n) is 3.16. The van der Waals surface area contributed by atoms with Crippen molar-refractivity contribution in [2.45, 2.75) is 0 Å². The summed E-state index contributed by atoms with van der Waals surface area (Å²) in [6.07, 6.45) is 17.0. The number of phenolic OH excluding ortho intramolecular Hbond substituents is 4. The zero-order valence-corrected chi connectivity index (χ0v) is 20.8. The van der Waals surface area contributed by atoms with Gasteiger partial charge in [0.1, 0.15) is 5.75 Å². The minimum absolute atomic E-state index is 0.0523. The van der Waals surface area contributed by atoms with Gasteiger partial charge >= 0.3 is 120 Å². The topological polar surface area (TPSA) is 145 Å². The van der Waals surface area contributed by atoms with Crippen molar-refractivity contribution in [2.75, 3.05) is 0 Å². The third-order valence-corrected chi connectivity index (χ3v) is 5.70. The first-order valence-corrected chi connectivity index (χ1v) is 11.8. The van der Waals surface area contributed by atoms with Crippen molar-refractivity contribution < 1.29 is 38.3 Å². The minimum atomic E-state index is -0.852. The first-order valence-electron chi connectivity index (χ1n) is 10.1. The van der Waals surface area contributed by atoms with E-state index in [0.29, 0.717) is 5.69 Å². The second kappa shape index (κ2) is 9.72. The molecule has 1 aromatic heterocycles. The molecule has 2 aromatic rings. The molecule has 2 aliphatic rings. The Kier molecular flexibility index (Phi) is 6.56. The Bertz CT molecular complexity index is 1420. The van der Waals surface area contributed by atoms with Crippen molar-refractivity contribution >= 4 is 28.2 Å². The molecule has 9 heteroatoms. The molecule has 0 radical (unpaired) electrons. The van der Waals surface area contributed by atoms with Crippen LogP contribution in [0, 0.1) is 6.08 Å². The fraction of sp³-hybridized carbons (Fsp3) is 0. The van der Waals surface area contributed by atoms with Crippen LogP contribution in [0.3, 0.4) is 0 Å². The number of rotatable bonds is 6. The van der Waals surface area contributed by atoms with E-state index in [1.165, 1.54) is 6.08 Å². The van der Waals surface area contributed by atoms with Gasteiger partial charge in [-0.05, 0) is 0 Å². The van der Waals surface area contributed by atoms with Crippen molar-refractivity contribution in [3.05, 3.63) is 101 Å². The molecule has 166 valence electrons. The third kappa shape index (κ3) is 5.22. The Morgan fingerprint density at radius 2 is 1.56 bits per heavy atom. The Morgan fingerprint density at radius 3 is 2.29 bits per heavy atom. The number of aliphatic imine (C=N–C) groups is 2. The van der Waals surface area contributed by atoms with Crippen LogP contribution in [0.15, 0.2) is 81.7 Å². The van der Waals surface area contributed by atoms with Gasteiger partial charge in [0.2, 0.25) is 0 Å². The Balaban J connectivity index is 1.46. The molecule has 0 unspecified atom stereocenters. The SMILES string of the molecule is [NH-]C(C=[C-]c1cc(O)c(O)c(O)c1O)=Cc1ccc(C=C2C=CC(C=C3C=CC([CH]=[Zn])=N3)=N2)[nH]1. The van der Waals surface area contributed by atoms with Gasteiger partial charge in [-0.25, -0.2) is 5.70 Å². The number of hydrogen-bond acceptors (Lipinski definition) is 6. The normalized spacial score (nSPS) is 17.9. The Morgan fingerprint density at radius 1 is 0.882 bits per heavy atom. The van der Waals surface area contributed by atoms with Crippen LogP contribution in [0.4, 0.5) is 0 Å². The predicted octanol–water partition coefficient (Wildman–Crippen LogP) is 4.23. The van der Waals surface area contributed by atoms with Crippen molar-refractivity contribution in [1.82, 2.24) is 4.98 Å². The van der Waals surface area contributed by atoms with E-state index in [-0.39, 0.29) is 11.3 Å². The van der Waals surface area contributed by atoms with E-state index in [1.54, 1.807) is 12.1 Å². The van der Waals surface area contributed by atoms with Gasteiger partial charge in [-0.15, -0.1) is 11.6 Å². The maximum absolute atomic E-state index is 9.84.